The lowest BCUT2D eigenvalue weighted by Gasteiger charge is -2.00. The molecular formula is C11H8INO2. The van der Waals surface area contributed by atoms with E-state index in [-0.39, 0.29) is 16.9 Å². The summed E-state index contributed by atoms with van der Waals surface area (Å²) in [6.07, 6.45) is 0. The number of halogens is 1. The van der Waals surface area contributed by atoms with E-state index < -0.39 is 0 Å². The zero-order valence-electron chi connectivity index (χ0n) is 8.00. The molecular weight excluding hydrogens is 305 g/mol. The second kappa shape index (κ2) is 3.77. The van der Waals surface area contributed by atoms with Crippen LogP contribution in [0.5, 0.6) is 0 Å². The highest BCUT2D eigenvalue weighted by Crippen LogP contribution is 2.14. The molecule has 2 aromatic rings. The van der Waals surface area contributed by atoms with Crippen LogP contribution in [0.1, 0.15) is 17.3 Å². The van der Waals surface area contributed by atoms with Gasteiger partial charge in [0, 0.05) is 9.09 Å². The molecule has 1 aromatic carbocycles. The minimum atomic E-state index is -0.322. The highest BCUT2D eigenvalue weighted by molar-refractivity contribution is 14.1. The number of hydrogen-bond donors (Lipinski definition) is 1. The van der Waals surface area contributed by atoms with Crippen LogP contribution in [0.2, 0.25) is 0 Å². The van der Waals surface area contributed by atoms with Crippen LogP contribution in [-0.2, 0) is 0 Å². The molecule has 0 saturated carbocycles. The molecule has 15 heavy (non-hydrogen) atoms. The molecule has 1 N–H and O–H groups in total. The molecule has 4 heteroatoms. The summed E-state index contributed by atoms with van der Waals surface area (Å²) in [6.45, 7) is 1.39. The van der Waals surface area contributed by atoms with Gasteiger partial charge in [0.05, 0.1) is 5.56 Å². The van der Waals surface area contributed by atoms with E-state index in [1.807, 2.05) is 18.2 Å². The third-order valence-electron chi connectivity index (χ3n) is 2.19. The summed E-state index contributed by atoms with van der Waals surface area (Å²) in [4.78, 5) is 25.4. The topological polar surface area (TPSA) is 49.9 Å². The second-order valence-corrected chi connectivity index (χ2v) is 4.55. The third-order valence-corrected chi connectivity index (χ3v) is 2.86. The maximum absolute atomic E-state index is 11.5. The number of aromatic amines is 1. The fraction of sp³-hybridized carbons (Fsp3) is 0.0909. The third kappa shape index (κ3) is 1.94. The monoisotopic (exact) mass is 313 g/mol. The van der Waals surface area contributed by atoms with E-state index in [9.17, 15) is 9.59 Å². The summed E-state index contributed by atoms with van der Waals surface area (Å²) in [5.41, 5.74) is 0.651. The normalized spacial score (nSPS) is 10.5. The van der Waals surface area contributed by atoms with Gasteiger partial charge >= 0.3 is 0 Å². The number of nitrogens with one attached hydrogen (secondary N) is 1. The predicted molar refractivity (Wildman–Crippen MR) is 67.3 cm³/mol. The van der Waals surface area contributed by atoms with E-state index in [0.717, 1.165) is 14.5 Å². The van der Waals surface area contributed by atoms with Crippen molar-refractivity contribution in [3.63, 3.8) is 0 Å². The van der Waals surface area contributed by atoms with Crippen LogP contribution in [0.3, 0.4) is 0 Å². The molecule has 0 fully saturated rings. The molecule has 0 atom stereocenters. The first-order chi connectivity index (χ1) is 7.08. The maximum Gasteiger partial charge on any atom is 0.259 e. The summed E-state index contributed by atoms with van der Waals surface area (Å²) in [6, 6.07) is 7.33. The Morgan fingerprint density at radius 1 is 1.33 bits per heavy atom. The Labute approximate surface area is 99.6 Å². The molecule has 0 unspecified atom stereocenters. The number of pyridine rings is 1. The molecule has 1 aromatic heterocycles. The maximum atomic E-state index is 11.5. The van der Waals surface area contributed by atoms with Crippen molar-refractivity contribution < 1.29 is 4.79 Å². The lowest BCUT2D eigenvalue weighted by molar-refractivity contribution is 0.101. The summed E-state index contributed by atoms with van der Waals surface area (Å²) in [5.74, 6) is -0.211. The highest BCUT2D eigenvalue weighted by Gasteiger charge is 2.06. The van der Waals surface area contributed by atoms with Crippen molar-refractivity contribution in [3.05, 3.63) is 43.8 Å². The first kappa shape index (κ1) is 10.4. The molecule has 1 heterocycles. The van der Waals surface area contributed by atoms with E-state index in [1.54, 1.807) is 6.07 Å². The molecule has 0 spiro atoms. The van der Waals surface area contributed by atoms with Crippen molar-refractivity contribution in [2.45, 2.75) is 6.92 Å². The average Bonchev–Trinajstić information content (AvgIpc) is 2.15. The van der Waals surface area contributed by atoms with Crippen molar-refractivity contribution in [2.24, 2.45) is 0 Å². The van der Waals surface area contributed by atoms with Crippen molar-refractivity contribution in [3.8, 4) is 0 Å². The van der Waals surface area contributed by atoms with Crippen molar-refractivity contribution in [1.29, 1.82) is 0 Å². The van der Waals surface area contributed by atoms with E-state index in [4.69, 9.17) is 0 Å². The quantitative estimate of drug-likeness (QED) is 0.649. The fourth-order valence-corrected chi connectivity index (χ4v) is 1.93. The number of hydrogen-bond acceptors (Lipinski definition) is 2. The van der Waals surface area contributed by atoms with Gasteiger partial charge in [-0.05, 0) is 53.1 Å². The number of benzene rings is 1. The molecule has 0 aliphatic carbocycles. The minimum Gasteiger partial charge on any atom is -0.321 e. The van der Waals surface area contributed by atoms with Crippen LogP contribution in [0.15, 0.2) is 29.1 Å². The number of aromatic nitrogens is 1. The van der Waals surface area contributed by atoms with Gasteiger partial charge in [0.2, 0.25) is 0 Å². The standard InChI is InChI=1S/C11H8INO2/c1-6(14)9-4-7-2-3-8(12)5-10(7)13-11(9)15/h2-5H,1H3,(H,13,15). The Hall–Kier alpha value is -1.17. The summed E-state index contributed by atoms with van der Waals surface area (Å²) >= 11 is 2.17. The van der Waals surface area contributed by atoms with Crippen LogP contribution >= 0.6 is 22.6 Å². The van der Waals surface area contributed by atoms with E-state index in [1.165, 1.54) is 6.92 Å². The highest BCUT2D eigenvalue weighted by atomic mass is 127. The number of rotatable bonds is 1. The van der Waals surface area contributed by atoms with Gasteiger partial charge in [-0.25, -0.2) is 0 Å². The molecule has 0 bridgehead atoms. The summed E-state index contributed by atoms with van der Waals surface area (Å²) in [5, 5.41) is 0.875. The number of carbonyl (C=O) groups is 1. The number of carbonyl (C=O) groups excluding carboxylic acids is 1. The van der Waals surface area contributed by atoms with Crippen LogP contribution < -0.4 is 5.56 Å². The number of fused-ring (bicyclic) bond motifs is 1. The first-order valence-electron chi connectivity index (χ1n) is 4.41. The van der Waals surface area contributed by atoms with E-state index >= 15 is 0 Å². The Bertz CT molecular complexity index is 601. The van der Waals surface area contributed by atoms with Crippen molar-refractivity contribution in [1.82, 2.24) is 4.98 Å². The first-order valence-corrected chi connectivity index (χ1v) is 5.49. The minimum absolute atomic E-state index is 0.211. The lowest BCUT2D eigenvalue weighted by Crippen LogP contribution is -2.15. The molecule has 2 rings (SSSR count). The smallest absolute Gasteiger partial charge is 0.259 e. The molecule has 76 valence electrons. The van der Waals surface area contributed by atoms with Gasteiger partial charge in [-0.3, -0.25) is 9.59 Å². The van der Waals surface area contributed by atoms with E-state index in [2.05, 4.69) is 27.6 Å². The second-order valence-electron chi connectivity index (χ2n) is 3.30. The Kier molecular flexibility index (Phi) is 2.60. The SMILES string of the molecule is CC(=O)c1cc2ccc(I)cc2[nH]c1=O. The van der Waals surface area contributed by atoms with Gasteiger partial charge < -0.3 is 4.98 Å². The lowest BCUT2D eigenvalue weighted by atomic mass is 10.1. The molecule has 0 aliphatic heterocycles. The van der Waals surface area contributed by atoms with Crippen molar-refractivity contribution >= 4 is 39.3 Å². The zero-order valence-corrected chi connectivity index (χ0v) is 10.2. The van der Waals surface area contributed by atoms with Crippen LogP contribution in [-0.4, -0.2) is 10.8 Å². The number of ketones is 1. The number of H-pyrrole nitrogens is 1. The van der Waals surface area contributed by atoms with Gasteiger partial charge in [-0.15, -0.1) is 0 Å². The predicted octanol–water partition coefficient (Wildman–Crippen LogP) is 2.34. The molecule has 0 radical (unpaired) electrons. The molecule has 0 amide bonds. The molecule has 3 nitrogen and oxygen atoms in total. The van der Waals surface area contributed by atoms with Crippen LogP contribution in [0.25, 0.3) is 10.9 Å². The Balaban J connectivity index is 2.82. The van der Waals surface area contributed by atoms with Gasteiger partial charge in [0.15, 0.2) is 5.78 Å². The Morgan fingerprint density at radius 3 is 2.73 bits per heavy atom. The molecule has 0 saturated heterocycles. The fourth-order valence-electron chi connectivity index (χ4n) is 1.43. The average molecular weight is 313 g/mol. The van der Waals surface area contributed by atoms with E-state index in [0.29, 0.717) is 0 Å². The van der Waals surface area contributed by atoms with Gasteiger partial charge in [-0.2, -0.15) is 0 Å². The van der Waals surface area contributed by atoms with Gasteiger partial charge in [0.1, 0.15) is 0 Å². The van der Waals surface area contributed by atoms with Gasteiger partial charge in [-0.1, -0.05) is 6.07 Å². The largest absolute Gasteiger partial charge is 0.321 e. The van der Waals surface area contributed by atoms with Gasteiger partial charge in [0.25, 0.3) is 5.56 Å². The Morgan fingerprint density at radius 2 is 2.07 bits per heavy atom. The van der Waals surface area contributed by atoms with Crippen molar-refractivity contribution in [2.75, 3.05) is 0 Å². The summed E-state index contributed by atoms with van der Waals surface area (Å²) in [7, 11) is 0. The number of Topliss-reactive ketones (excluding diaryl/α,β-unsaturated/α-hetero) is 1. The van der Waals surface area contributed by atoms with Crippen LogP contribution in [0.4, 0.5) is 0 Å². The van der Waals surface area contributed by atoms with Crippen LogP contribution in [0, 0.1) is 3.57 Å². The zero-order chi connectivity index (χ0) is 11.0. The molecule has 0 aliphatic rings. The summed E-state index contributed by atoms with van der Waals surface area (Å²) < 4.78 is 1.05.